The fourth-order valence-electron chi connectivity index (χ4n) is 2.75. The molecule has 1 unspecified atom stereocenters. The summed E-state index contributed by atoms with van der Waals surface area (Å²) in [7, 11) is 0. The Hall–Kier alpha value is -2.49. The van der Waals surface area contributed by atoms with Crippen LogP contribution in [0.5, 0.6) is 0 Å². The van der Waals surface area contributed by atoms with Crippen molar-refractivity contribution >= 4 is 40.3 Å². The van der Waals surface area contributed by atoms with Crippen LogP contribution in [0.2, 0.25) is 0 Å². The summed E-state index contributed by atoms with van der Waals surface area (Å²) in [4.78, 5) is 47.4. The van der Waals surface area contributed by atoms with Gasteiger partial charge in [-0.05, 0) is 49.1 Å². The summed E-state index contributed by atoms with van der Waals surface area (Å²) < 4.78 is 4.64. The van der Waals surface area contributed by atoms with Gasteiger partial charge in [0.2, 0.25) is 0 Å². The molecule has 10 heteroatoms. The van der Waals surface area contributed by atoms with Gasteiger partial charge in [0.1, 0.15) is 0 Å². The van der Waals surface area contributed by atoms with Crippen LogP contribution in [0.15, 0.2) is 0 Å². The van der Waals surface area contributed by atoms with E-state index in [4.69, 9.17) is 16.7 Å². The topological polar surface area (TPSA) is 142 Å². The minimum absolute atomic E-state index is 0.0582. The highest BCUT2D eigenvalue weighted by atomic mass is 35.5. The van der Waals surface area contributed by atoms with E-state index in [1.54, 1.807) is 13.8 Å². The SMILES string of the molecule is CC.CC.CC.CC(=O)OCC(=O)Nc1c(C)c(C(=O)Cl)c(C)c(C(=O)NCC(O)CO)c1C. The molecule has 0 saturated carbocycles. The maximum atomic E-state index is 12.6. The summed E-state index contributed by atoms with van der Waals surface area (Å²) in [6.07, 6.45) is -1.15. The van der Waals surface area contributed by atoms with E-state index in [0.29, 0.717) is 16.7 Å². The monoisotopic (exact) mass is 504 g/mol. The Morgan fingerprint density at radius 1 is 0.912 bits per heavy atom. The third-order valence-electron chi connectivity index (χ3n) is 4.05. The zero-order valence-electron chi connectivity index (χ0n) is 22.0. The second-order valence-electron chi connectivity index (χ2n) is 6.15. The van der Waals surface area contributed by atoms with Crippen molar-refractivity contribution in [1.82, 2.24) is 5.32 Å². The number of hydrogen-bond donors (Lipinski definition) is 4. The van der Waals surface area contributed by atoms with Gasteiger partial charge < -0.3 is 25.6 Å². The molecule has 1 aromatic rings. The number of rotatable bonds is 8. The van der Waals surface area contributed by atoms with Gasteiger partial charge >= 0.3 is 5.97 Å². The van der Waals surface area contributed by atoms with E-state index in [1.807, 2.05) is 41.5 Å². The molecule has 1 rings (SSSR count). The lowest BCUT2D eigenvalue weighted by atomic mass is 9.91. The first-order chi connectivity index (χ1) is 16.0. The summed E-state index contributed by atoms with van der Waals surface area (Å²) in [5.74, 6) is -1.90. The number of hydrogen-bond acceptors (Lipinski definition) is 7. The zero-order valence-corrected chi connectivity index (χ0v) is 22.8. The molecule has 0 radical (unpaired) electrons. The van der Waals surface area contributed by atoms with Crippen molar-refractivity contribution in [2.45, 2.75) is 75.3 Å². The number of ether oxygens (including phenoxy) is 1. The molecule has 9 nitrogen and oxygen atoms in total. The molecule has 4 N–H and O–H groups in total. The molecule has 0 fully saturated rings. The number of nitrogens with one attached hydrogen (secondary N) is 2. The number of carbonyl (C=O) groups is 4. The molecular weight excluding hydrogens is 464 g/mol. The Balaban J connectivity index is -0.00000148. The lowest BCUT2D eigenvalue weighted by Gasteiger charge is -2.21. The van der Waals surface area contributed by atoms with Gasteiger partial charge in [-0.1, -0.05) is 41.5 Å². The van der Waals surface area contributed by atoms with Crippen molar-refractivity contribution in [3.63, 3.8) is 0 Å². The summed E-state index contributed by atoms with van der Waals surface area (Å²) in [5, 5.41) is 22.5. The first kappa shape index (κ1) is 36.1. The number of esters is 1. The van der Waals surface area contributed by atoms with Crippen LogP contribution in [-0.2, 0) is 14.3 Å². The van der Waals surface area contributed by atoms with Crippen molar-refractivity contribution in [3.8, 4) is 0 Å². The van der Waals surface area contributed by atoms with Gasteiger partial charge in [-0.3, -0.25) is 19.2 Å². The van der Waals surface area contributed by atoms with Crippen molar-refractivity contribution in [2.75, 3.05) is 25.1 Å². The fourth-order valence-corrected chi connectivity index (χ4v) is 3.03. The molecule has 1 aromatic carbocycles. The average molecular weight is 505 g/mol. The first-order valence-electron chi connectivity index (χ1n) is 11.3. The van der Waals surface area contributed by atoms with Gasteiger partial charge in [0.15, 0.2) is 6.61 Å². The van der Waals surface area contributed by atoms with Crippen LogP contribution in [0.4, 0.5) is 5.69 Å². The highest BCUT2D eigenvalue weighted by molar-refractivity contribution is 6.68. The van der Waals surface area contributed by atoms with E-state index in [9.17, 15) is 24.3 Å². The maximum absolute atomic E-state index is 12.6. The smallest absolute Gasteiger partial charge is 0.303 e. The van der Waals surface area contributed by atoms with E-state index in [1.165, 1.54) is 6.92 Å². The minimum atomic E-state index is -1.15. The fraction of sp³-hybridized carbons (Fsp3) is 0.583. The van der Waals surface area contributed by atoms with Crippen molar-refractivity contribution in [3.05, 3.63) is 27.8 Å². The van der Waals surface area contributed by atoms with E-state index in [2.05, 4.69) is 15.4 Å². The summed E-state index contributed by atoms with van der Waals surface area (Å²) in [6, 6.07) is 0. The number of aliphatic hydroxyl groups is 2. The van der Waals surface area contributed by atoms with E-state index >= 15 is 0 Å². The normalized spacial score (nSPS) is 10.0. The first-order valence-corrected chi connectivity index (χ1v) is 11.7. The number of benzene rings is 1. The van der Waals surface area contributed by atoms with Crippen LogP contribution < -0.4 is 10.6 Å². The quantitative estimate of drug-likeness (QED) is 0.312. The van der Waals surface area contributed by atoms with Gasteiger partial charge in [-0.25, -0.2) is 0 Å². The molecule has 34 heavy (non-hydrogen) atoms. The predicted molar refractivity (Wildman–Crippen MR) is 136 cm³/mol. The zero-order chi connectivity index (χ0) is 27.6. The number of halogens is 1. The molecule has 0 aliphatic heterocycles. The Labute approximate surface area is 208 Å². The Kier molecular flexibility index (Phi) is 21.2. The van der Waals surface area contributed by atoms with Gasteiger partial charge in [-0.15, -0.1) is 0 Å². The van der Waals surface area contributed by atoms with Crippen LogP contribution in [0.1, 0.15) is 85.9 Å². The number of aliphatic hydroxyl groups excluding tert-OH is 2. The van der Waals surface area contributed by atoms with E-state index in [-0.39, 0.29) is 23.4 Å². The second kappa shape index (κ2) is 19.9. The Bertz CT molecular complexity index is 811. The number of carbonyl (C=O) groups excluding carboxylic acids is 4. The third-order valence-corrected chi connectivity index (χ3v) is 4.24. The standard InChI is InChI=1S/C18H23ClN2O7.3C2H6/c1-8-14(17(19)26)9(2)16(21-13(25)7-28-11(4)23)10(3)15(8)18(27)20-5-12(24)6-22;3*1-2/h12,22,24H,5-7H2,1-4H3,(H,20,27)(H,21,25);3*1-2H3. The maximum Gasteiger partial charge on any atom is 0.303 e. The second-order valence-corrected chi connectivity index (χ2v) is 6.49. The molecule has 0 saturated heterocycles. The molecule has 0 aromatic heterocycles. The van der Waals surface area contributed by atoms with Crippen LogP contribution >= 0.6 is 11.6 Å². The summed E-state index contributed by atoms with van der Waals surface area (Å²) in [5.41, 5.74) is 1.39. The molecule has 0 bridgehead atoms. The summed E-state index contributed by atoms with van der Waals surface area (Å²) in [6.45, 7) is 16.6. The van der Waals surface area contributed by atoms with Crippen LogP contribution in [-0.4, -0.2) is 59.1 Å². The lowest BCUT2D eigenvalue weighted by molar-refractivity contribution is -0.144. The Morgan fingerprint density at radius 3 is 1.79 bits per heavy atom. The van der Waals surface area contributed by atoms with E-state index < -0.39 is 42.3 Å². The number of amides is 2. The molecule has 1 atom stereocenters. The van der Waals surface area contributed by atoms with E-state index in [0.717, 1.165) is 6.92 Å². The predicted octanol–water partition coefficient (Wildman–Crippen LogP) is 3.65. The Morgan fingerprint density at radius 2 is 1.38 bits per heavy atom. The molecule has 0 aliphatic carbocycles. The van der Waals surface area contributed by atoms with Crippen LogP contribution in [0.25, 0.3) is 0 Å². The molecule has 0 aliphatic rings. The van der Waals surface area contributed by atoms with Gasteiger partial charge in [0, 0.05) is 30.3 Å². The minimum Gasteiger partial charge on any atom is -0.456 e. The molecule has 0 spiro atoms. The lowest BCUT2D eigenvalue weighted by Crippen LogP contribution is -2.35. The number of anilines is 1. The molecular formula is C24H41ClN2O7. The summed E-state index contributed by atoms with van der Waals surface area (Å²) >= 11 is 5.68. The highest BCUT2D eigenvalue weighted by Crippen LogP contribution is 2.32. The van der Waals surface area contributed by atoms with Crippen molar-refractivity contribution < 1.29 is 34.1 Å². The largest absolute Gasteiger partial charge is 0.456 e. The van der Waals surface area contributed by atoms with Gasteiger partial charge in [-0.2, -0.15) is 0 Å². The van der Waals surface area contributed by atoms with Crippen LogP contribution in [0.3, 0.4) is 0 Å². The van der Waals surface area contributed by atoms with Gasteiger partial charge in [0.05, 0.1) is 12.7 Å². The third kappa shape index (κ3) is 11.6. The van der Waals surface area contributed by atoms with Gasteiger partial charge in [0.25, 0.3) is 17.1 Å². The highest BCUT2D eigenvalue weighted by Gasteiger charge is 2.25. The molecule has 2 amide bonds. The van der Waals surface area contributed by atoms with Crippen LogP contribution in [0, 0.1) is 20.8 Å². The van der Waals surface area contributed by atoms with Crippen molar-refractivity contribution in [1.29, 1.82) is 0 Å². The average Bonchev–Trinajstić information content (AvgIpc) is 2.82. The molecule has 196 valence electrons. The van der Waals surface area contributed by atoms with Crippen molar-refractivity contribution in [2.24, 2.45) is 0 Å². The molecule has 0 heterocycles.